The average molecular weight is 317 g/mol. The molecule has 2 aromatic rings. The Morgan fingerprint density at radius 1 is 1.32 bits per heavy atom. The van der Waals surface area contributed by atoms with Crippen molar-refractivity contribution in [3.8, 4) is 10.6 Å². The first-order valence-electron chi connectivity index (χ1n) is 7.68. The van der Waals surface area contributed by atoms with Crippen molar-refractivity contribution >= 4 is 17.2 Å². The van der Waals surface area contributed by atoms with Gasteiger partial charge in [0, 0.05) is 29.4 Å². The first-order chi connectivity index (χ1) is 10.5. The van der Waals surface area contributed by atoms with Gasteiger partial charge in [-0.05, 0) is 37.8 Å². The molecule has 0 bridgehead atoms. The summed E-state index contributed by atoms with van der Waals surface area (Å²) < 4.78 is 0. The Labute approximate surface area is 136 Å². The Bertz CT molecular complexity index is 595. The Morgan fingerprint density at radius 2 is 2.14 bits per heavy atom. The third-order valence-corrected chi connectivity index (χ3v) is 4.33. The first-order valence-corrected chi connectivity index (χ1v) is 8.56. The maximum absolute atomic E-state index is 12.1. The molecule has 1 atom stereocenters. The number of pyridine rings is 1. The van der Waals surface area contributed by atoms with Crippen molar-refractivity contribution in [1.29, 1.82) is 0 Å². The maximum Gasteiger partial charge on any atom is 0.226 e. The predicted molar refractivity (Wildman–Crippen MR) is 90.7 cm³/mol. The molecule has 1 N–H and O–H groups in total. The summed E-state index contributed by atoms with van der Waals surface area (Å²) in [6.07, 6.45) is 6.01. The van der Waals surface area contributed by atoms with Crippen LogP contribution in [0, 0.1) is 5.92 Å². The summed E-state index contributed by atoms with van der Waals surface area (Å²) in [4.78, 5) is 20.7. The van der Waals surface area contributed by atoms with Gasteiger partial charge in [0.2, 0.25) is 5.91 Å². The quantitative estimate of drug-likeness (QED) is 0.847. The van der Waals surface area contributed by atoms with Crippen LogP contribution in [0.25, 0.3) is 10.6 Å². The molecular weight excluding hydrogens is 294 g/mol. The molecule has 0 aliphatic heterocycles. The zero-order chi connectivity index (χ0) is 15.9. The number of carbonyl (C=O) groups is 1. The number of nitrogens with zero attached hydrogens (tertiary/aromatic N) is 2. The number of carbonyl (C=O) groups excluding carboxylic acids is 1. The lowest BCUT2D eigenvalue weighted by molar-refractivity contribution is -0.121. The van der Waals surface area contributed by atoms with Gasteiger partial charge in [-0.15, -0.1) is 11.3 Å². The van der Waals surface area contributed by atoms with Crippen LogP contribution in [0.2, 0.25) is 0 Å². The van der Waals surface area contributed by atoms with Gasteiger partial charge in [-0.1, -0.05) is 13.8 Å². The number of thiazole rings is 1. The van der Waals surface area contributed by atoms with Gasteiger partial charge in [-0.3, -0.25) is 9.78 Å². The largest absolute Gasteiger partial charge is 0.353 e. The highest BCUT2D eigenvalue weighted by Gasteiger charge is 2.12. The fraction of sp³-hybridized carbons (Fsp3) is 0.471. The Hall–Kier alpha value is -1.75. The van der Waals surface area contributed by atoms with Crippen molar-refractivity contribution in [1.82, 2.24) is 15.3 Å². The Kier molecular flexibility index (Phi) is 6.07. The molecule has 0 saturated carbocycles. The molecule has 0 spiro atoms. The van der Waals surface area contributed by atoms with Crippen LogP contribution in [0.5, 0.6) is 0 Å². The smallest absolute Gasteiger partial charge is 0.226 e. The highest BCUT2D eigenvalue weighted by Crippen LogP contribution is 2.22. The minimum absolute atomic E-state index is 0.0410. The lowest BCUT2D eigenvalue weighted by Gasteiger charge is -2.14. The molecule has 2 heterocycles. The fourth-order valence-corrected chi connectivity index (χ4v) is 2.97. The predicted octanol–water partition coefficient (Wildman–Crippen LogP) is 3.69. The molecule has 22 heavy (non-hydrogen) atoms. The van der Waals surface area contributed by atoms with Crippen molar-refractivity contribution in [2.75, 3.05) is 0 Å². The first kappa shape index (κ1) is 16.6. The topological polar surface area (TPSA) is 54.9 Å². The van der Waals surface area contributed by atoms with E-state index in [4.69, 9.17) is 0 Å². The number of rotatable bonds is 7. The van der Waals surface area contributed by atoms with Crippen molar-refractivity contribution in [3.63, 3.8) is 0 Å². The van der Waals surface area contributed by atoms with E-state index in [0.29, 0.717) is 12.3 Å². The number of amides is 1. The molecule has 0 fully saturated rings. The van der Waals surface area contributed by atoms with Crippen molar-refractivity contribution < 1.29 is 4.79 Å². The molecule has 0 radical (unpaired) electrons. The molecule has 1 amide bonds. The SMILES string of the molecule is CC(C)CCC(C)NC(=O)Cc1csc(-c2cccnc2)n1. The van der Waals surface area contributed by atoms with Gasteiger partial charge in [-0.2, -0.15) is 0 Å². The van der Waals surface area contributed by atoms with E-state index in [1.54, 1.807) is 23.7 Å². The van der Waals surface area contributed by atoms with E-state index in [0.717, 1.165) is 29.1 Å². The number of hydrogen-bond donors (Lipinski definition) is 1. The van der Waals surface area contributed by atoms with Gasteiger partial charge in [-0.25, -0.2) is 4.98 Å². The minimum Gasteiger partial charge on any atom is -0.353 e. The Morgan fingerprint density at radius 3 is 2.82 bits per heavy atom. The van der Waals surface area contributed by atoms with E-state index in [1.165, 1.54) is 0 Å². The zero-order valence-electron chi connectivity index (χ0n) is 13.4. The van der Waals surface area contributed by atoms with Crippen LogP contribution in [0.1, 0.15) is 39.3 Å². The maximum atomic E-state index is 12.1. The second kappa shape index (κ2) is 8.03. The average Bonchev–Trinajstić information content (AvgIpc) is 2.94. The van der Waals surface area contributed by atoms with Crippen molar-refractivity contribution in [2.24, 2.45) is 5.92 Å². The molecule has 1 unspecified atom stereocenters. The van der Waals surface area contributed by atoms with Gasteiger partial charge in [0.05, 0.1) is 12.1 Å². The second-order valence-electron chi connectivity index (χ2n) is 6.00. The Balaban J connectivity index is 1.86. The van der Waals surface area contributed by atoms with E-state index in [2.05, 4.69) is 36.1 Å². The zero-order valence-corrected chi connectivity index (χ0v) is 14.2. The van der Waals surface area contributed by atoms with Crippen LogP contribution < -0.4 is 5.32 Å². The third-order valence-electron chi connectivity index (χ3n) is 3.39. The van der Waals surface area contributed by atoms with Crippen LogP contribution in [0.4, 0.5) is 0 Å². The summed E-state index contributed by atoms with van der Waals surface area (Å²) in [7, 11) is 0. The lowest BCUT2D eigenvalue weighted by atomic mass is 10.0. The van der Waals surface area contributed by atoms with Crippen LogP contribution in [0.3, 0.4) is 0 Å². The molecule has 5 heteroatoms. The van der Waals surface area contributed by atoms with Crippen LogP contribution >= 0.6 is 11.3 Å². The molecule has 0 saturated heterocycles. The van der Waals surface area contributed by atoms with E-state index in [9.17, 15) is 4.79 Å². The molecular formula is C17H23N3OS. The molecule has 0 aliphatic carbocycles. The number of hydrogen-bond acceptors (Lipinski definition) is 4. The van der Waals surface area contributed by atoms with Crippen LogP contribution in [0.15, 0.2) is 29.9 Å². The molecule has 2 aromatic heterocycles. The number of nitrogens with one attached hydrogen (secondary N) is 1. The summed E-state index contributed by atoms with van der Waals surface area (Å²) in [6.45, 7) is 6.45. The van der Waals surface area contributed by atoms with Gasteiger partial charge >= 0.3 is 0 Å². The van der Waals surface area contributed by atoms with E-state index in [1.807, 2.05) is 17.5 Å². The minimum atomic E-state index is 0.0410. The van der Waals surface area contributed by atoms with Crippen LogP contribution in [-0.2, 0) is 11.2 Å². The van der Waals surface area contributed by atoms with E-state index in [-0.39, 0.29) is 11.9 Å². The third kappa shape index (κ3) is 5.22. The van der Waals surface area contributed by atoms with E-state index >= 15 is 0 Å². The summed E-state index contributed by atoms with van der Waals surface area (Å²) in [5.41, 5.74) is 1.81. The van der Waals surface area contributed by atoms with Crippen molar-refractivity contribution in [2.45, 2.75) is 46.1 Å². The highest BCUT2D eigenvalue weighted by molar-refractivity contribution is 7.13. The second-order valence-corrected chi connectivity index (χ2v) is 6.86. The van der Waals surface area contributed by atoms with Gasteiger partial charge in [0.1, 0.15) is 5.01 Å². The summed E-state index contributed by atoms with van der Waals surface area (Å²) in [6, 6.07) is 4.08. The summed E-state index contributed by atoms with van der Waals surface area (Å²) >= 11 is 1.55. The monoisotopic (exact) mass is 317 g/mol. The molecule has 118 valence electrons. The van der Waals surface area contributed by atoms with Crippen molar-refractivity contribution in [3.05, 3.63) is 35.6 Å². The summed E-state index contributed by atoms with van der Waals surface area (Å²) in [5.74, 6) is 0.708. The standard InChI is InChI=1S/C17H23N3OS/c1-12(2)6-7-13(3)19-16(21)9-15-11-22-17(20-15)14-5-4-8-18-10-14/h4-5,8,10-13H,6-7,9H2,1-3H3,(H,19,21). The highest BCUT2D eigenvalue weighted by atomic mass is 32.1. The summed E-state index contributed by atoms with van der Waals surface area (Å²) in [5, 5.41) is 5.90. The molecule has 0 aromatic carbocycles. The van der Waals surface area contributed by atoms with Gasteiger partial charge in [0.25, 0.3) is 0 Å². The molecule has 4 nitrogen and oxygen atoms in total. The van der Waals surface area contributed by atoms with Crippen LogP contribution in [-0.4, -0.2) is 21.9 Å². The lowest BCUT2D eigenvalue weighted by Crippen LogP contribution is -2.33. The van der Waals surface area contributed by atoms with Gasteiger partial charge in [0.15, 0.2) is 0 Å². The van der Waals surface area contributed by atoms with E-state index < -0.39 is 0 Å². The normalized spacial score (nSPS) is 12.4. The number of aromatic nitrogens is 2. The molecule has 2 rings (SSSR count). The van der Waals surface area contributed by atoms with Gasteiger partial charge < -0.3 is 5.32 Å². The fourth-order valence-electron chi connectivity index (χ4n) is 2.16. The molecule has 0 aliphatic rings.